The van der Waals surface area contributed by atoms with Crippen LogP contribution in [0.2, 0.25) is 5.02 Å². The zero-order valence-electron chi connectivity index (χ0n) is 11.2. The molecule has 0 aliphatic rings. The first-order chi connectivity index (χ1) is 9.25. The third-order valence-corrected chi connectivity index (χ3v) is 4.94. The molecule has 20 heavy (non-hydrogen) atoms. The van der Waals surface area contributed by atoms with Crippen molar-refractivity contribution in [2.75, 3.05) is 20.1 Å². The third-order valence-electron chi connectivity index (χ3n) is 2.61. The molecule has 0 atom stereocenters. The Kier molecular flexibility index (Phi) is 5.91. The highest BCUT2D eigenvalue weighted by atomic mass is 35.5. The monoisotopic (exact) mass is 322 g/mol. The lowest BCUT2D eigenvalue weighted by Gasteiger charge is -2.18. The number of amides is 1. The lowest BCUT2D eigenvalue weighted by Crippen LogP contribution is -2.31. The topological polar surface area (TPSA) is 66.5 Å². The van der Waals surface area contributed by atoms with Crippen molar-refractivity contribution < 1.29 is 17.6 Å². The highest BCUT2D eigenvalue weighted by Gasteiger charge is 2.23. The van der Waals surface area contributed by atoms with Gasteiger partial charge in [0.2, 0.25) is 15.9 Å². The number of rotatable bonds is 6. The van der Waals surface area contributed by atoms with Gasteiger partial charge in [0.15, 0.2) is 0 Å². The molecule has 1 amide bonds. The average molecular weight is 323 g/mol. The Bertz CT molecular complexity index is 592. The van der Waals surface area contributed by atoms with Crippen LogP contribution in [0.3, 0.4) is 0 Å². The van der Waals surface area contributed by atoms with Gasteiger partial charge in [-0.1, -0.05) is 11.6 Å². The Labute approximate surface area is 122 Å². The smallest absolute Gasteiger partial charge is 0.244 e. The van der Waals surface area contributed by atoms with Crippen LogP contribution < -0.4 is 5.32 Å². The van der Waals surface area contributed by atoms with Crippen molar-refractivity contribution in [3.63, 3.8) is 0 Å². The highest BCUT2D eigenvalue weighted by molar-refractivity contribution is 7.89. The first-order valence-corrected chi connectivity index (χ1v) is 7.73. The molecule has 5 nitrogen and oxygen atoms in total. The van der Waals surface area contributed by atoms with Gasteiger partial charge in [0, 0.05) is 27.1 Å². The van der Waals surface area contributed by atoms with E-state index in [9.17, 15) is 17.6 Å². The van der Waals surface area contributed by atoms with Crippen LogP contribution in [0.4, 0.5) is 4.39 Å². The van der Waals surface area contributed by atoms with E-state index in [-0.39, 0.29) is 22.4 Å². The molecule has 0 fully saturated rings. The van der Waals surface area contributed by atoms with E-state index >= 15 is 0 Å². The maximum Gasteiger partial charge on any atom is 0.244 e. The fourth-order valence-corrected chi connectivity index (χ4v) is 3.22. The van der Waals surface area contributed by atoms with E-state index in [1.807, 2.05) is 0 Å². The number of halogens is 2. The van der Waals surface area contributed by atoms with Gasteiger partial charge in [0.25, 0.3) is 0 Å². The quantitative estimate of drug-likeness (QED) is 0.809. The van der Waals surface area contributed by atoms with E-state index in [4.69, 9.17) is 11.6 Å². The summed E-state index contributed by atoms with van der Waals surface area (Å²) in [4.78, 5) is 10.4. The summed E-state index contributed by atoms with van der Waals surface area (Å²) in [5, 5.41) is 2.54. The van der Waals surface area contributed by atoms with Gasteiger partial charge in [-0.05, 0) is 24.6 Å². The van der Waals surface area contributed by atoms with Crippen LogP contribution in [0.1, 0.15) is 13.3 Å². The lowest BCUT2D eigenvalue weighted by atomic mass is 10.3. The van der Waals surface area contributed by atoms with Gasteiger partial charge in [-0.3, -0.25) is 4.79 Å². The molecule has 0 unspecified atom stereocenters. The Morgan fingerprint density at radius 2 is 2.10 bits per heavy atom. The molecule has 0 aliphatic heterocycles. The lowest BCUT2D eigenvalue weighted by molar-refractivity contribution is -0.118. The summed E-state index contributed by atoms with van der Waals surface area (Å²) in [5.74, 6) is -0.844. The first kappa shape index (κ1) is 16.9. The number of carbonyl (C=O) groups is 1. The summed E-state index contributed by atoms with van der Waals surface area (Å²) in [7, 11) is -2.46. The van der Waals surface area contributed by atoms with Crippen LogP contribution in [-0.2, 0) is 14.8 Å². The van der Waals surface area contributed by atoms with E-state index in [0.29, 0.717) is 13.0 Å². The van der Waals surface area contributed by atoms with Crippen molar-refractivity contribution in [3.05, 3.63) is 29.0 Å². The van der Waals surface area contributed by atoms with Gasteiger partial charge < -0.3 is 5.32 Å². The maximum atomic E-state index is 13.1. The van der Waals surface area contributed by atoms with Gasteiger partial charge in [-0.25, -0.2) is 17.1 Å². The zero-order valence-corrected chi connectivity index (χ0v) is 12.8. The molecule has 0 aromatic heterocycles. The molecule has 112 valence electrons. The fraction of sp³-hybridized carbons (Fsp3) is 0.417. The minimum atomic E-state index is -3.84. The van der Waals surface area contributed by atoms with Crippen molar-refractivity contribution in [1.82, 2.24) is 9.62 Å². The predicted octanol–water partition coefficient (Wildman–Crippen LogP) is 1.63. The van der Waals surface area contributed by atoms with Crippen molar-refractivity contribution in [1.29, 1.82) is 0 Å². The SMILES string of the molecule is CC(=O)NCCCN(C)S(=O)(=O)c1cc(F)ccc1Cl. The Morgan fingerprint density at radius 1 is 1.45 bits per heavy atom. The summed E-state index contributed by atoms with van der Waals surface area (Å²) in [6.07, 6.45) is 0.447. The van der Waals surface area contributed by atoms with E-state index in [1.165, 1.54) is 20.0 Å². The average Bonchev–Trinajstić information content (AvgIpc) is 2.36. The molecule has 0 spiro atoms. The molecule has 1 N–H and O–H groups in total. The van der Waals surface area contributed by atoms with Crippen LogP contribution in [-0.4, -0.2) is 38.8 Å². The van der Waals surface area contributed by atoms with Gasteiger partial charge in [0.05, 0.1) is 5.02 Å². The molecule has 0 heterocycles. The second-order valence-electron chi connectivity index (χ2n) is 4.24. The number of hydrogen-bond acceptors (Lipinski definition) is 3. The second kappa shape index (κ2) is 7.01. The van der Waals surface area contributed by atoms with E-state index in [2.05, 4.69) is 5.32 Å². The van der Waals surface area contributed by atoms with Crippen molar-refractivity contribution >= 4 is 27.5 Å². The van der Waals surface area contributed by atoms with Crippen LogP contribution in [0, 0.1) is 5.82 Å². The molecule has 0 saturated carbocycles. The van der Waals surface area contributed by atoms with Gasteiger partial charge in [0.1, 0.15) is 10.7 Å². The fourth-order valence-electron chi connectivity index (χ4n) is 1.53. The van der Waals surface area contributed by atoms with Crippen LogP contribution >= 0.6 is 11.6 Å². The van der Waals surface area contributed by atoms with E-state index in [0.717, 1.165) is 16.4 Å². The number of benzene rings is 1. The molecule has 8 heteroatoms. The van der Waals surface area contributed by atoms with E-state index in [1.54, 1.807) is 0 Å². The molecular formula is C12H16ClFN2O3S. The van der Waals surface area contributed by atoms with Crippen molar-refractivity contribution in [3.8, 4) is 0 Å². The molecule has 0 radical (unpaired) electrons. The molecule has 1 aromatic carbocycles. The third kappa shape index (κ3) is 4.43. The molecule has 0 aliphatic carbocycles. The van der Waals surface area contributed by atoms with Gasteiger partial charge >= 0.3 is 0 Å². The zero-order chi connectivity index (χ0) is 15.3. The van der Waals surface area contributed by atoms with E-state index < -0.39 is 15.8 Å². The number of hydrogen-bond donors (Lipinski definition) is 1. The Morgan fingerprint density at radius 3 is 2.70 bits per heavy atom. The van der Waals surface area contributed by atoms with Crippen molar-refractivity contribution in [2.24, 2.45) is 0 Å². The normalized spacial score (nSPS) is 11.7. The largest absolute Gasteiger partial charge is 0.356 e. The molecule has 0 bridgehead atoms. The van der Waals surface area contributed by atoms with Crippen molar-refractivity contribution in [2.45, 2.75) is 18.2 Å². The Hall–Kier alpha value is -1.18. The molecular weight excluding hydrogens is 307 g/mol. The number of carbonyl (C=O) groups excluding carboxylic acids is 1. The maximum absolute atomic E-state index is 13.1. The summed E-state index contributed by atoms with van der Waals surface area (Å²) in [6, 6.07) is 3.19. The summed E-state index contributed by atoms with van der Waals surface area (Å²) in [5.41, 5.74) is 0. The molecule has 0 saturated heterocycles. The minimum absolute atomic E-state index is 0.0277. The van der Waals surface area contributed by atoms with Crippen LogP contribution in [0.25, 0.3) is 0 Å². The minimum Gasteiger partial charge on any atom is -0.356 e. The number of nitrogens with zero attached hydrogens (tertiary/aromatic N) is 1. The van der Waals surface area contributed by atoms with Gasteiger partial charge in [-0.15, -0.1) is 0 Å². The summed E-state index contributed by atoms with van der Waals surface area (Å²) in [6.45, 7) is 1.94. The summed E-state index contributed by atoms with van der Waals surface area (Å²) < 4.78 is 38.7. The highest BCUT2D eigenvalue weighted by Crippen LogP contribution is 2.24. The Balaban J connectivity index is 2.77. The molecule has 1 aromatic rings. The molecule has 1 rings (SSSR count). The van der Waals surface area contributed by atoms with Crippen LogP contribution in [0.5, 0.6) is 0 Å². The summed E-state index contributed by atoms with van der Waals surface area (Å²) >= 11 is 5.80. The standard InChI is InChI=1S/C12H16ClFN2O3S/c1-9(17)15-6-3-7-16(2)20(18,19)12-8-10(14)4-5-11(12)13/h4-5,8H,3,6-7H2,1-2H3,(H,15,17). The number of nitrogens with one attached hydrogen (secondary N) is 1. The second-order valence-corrected chi connectivity index (χ2v) is 6.66. The predicted molar refractivity (Wildman–Crippen MR) is 74.5 cm³/mol. The first-order valence-electron chi connectivity index (χ1n) is 5.91. The van der Waals surface area contributed by atoms with Gasteiger partial charge in [-0.2, -0.15) is 0 Å². The number of sulfonamides is 1. The van der Waals surface area contributed by atoms with Crippen LogP contribution in [0.15, 0.2) is 23.1 Å².